The van der Waals surface area contributed by atoms with E-state index in [0.29, 0.717) is 6.04 Å². The fraction of sp³-hybridized carbons (Fsp3) is 0.538. The summed E-state index contributed by atoms with van der Waals surface area (Å²) in [5.41, 5.74) is 1.29. The molecule has 0 unspecified atom stereocenters. The van der Waals surface area contributed by atoms with Crippen LogP contribution in [0.15, 0.2) is 30.3 Å². The van der Waals surface area contributed by atoms with Crippen molar-refractivity contribution in [3.8, 4) is 0 Å². The fourth-order valence-electron chi connectivity index (χ4n) is 1.98. The lowest BCUT2D eigenvalue weighted by molar-refractivity contribution is 0.207. The van der Waals surface area contributed by atoms with E-state index >= 15 is 0 Å². The second-order valence-corrected chi connectivity index (χ2v) is 4.36. The van der Waals surface area contributed by atoms with Crippen LogP contribution in [0.3, 0.4) is 0 Å². The lowest BCUT2D eigenvalue weighted by atomic mass is 9.92. The summed E-state index contributed by atoms with van der Waals surface area (Å²) in [4.78, 5) is 0. The number of benzene rings is 1. The molecule has 1 saturated carbocycles. The Morgan fingerprint density at radius 1 is 1.27 bits per heavy atom. The molecule has 15 heavy (non-hydrogen) atoms. The van der Waals surface area contributed by atoms with Crippen molar-refractivity contribution >= 4 is 0 Å². The third kappa shape index (κ3) is 3.05. The highest BCUT2D eigenvalue weighted by atomic mass is 16.3. The van der Waals surface area contributed by atoms with E-state index in [-0.39, 0.29) is 12.6 Å². The van der Waals surface area contributed by atoms with Crippen molar-refractivity contribution in [3.05, 3.63) is 35.9 Å². The molecule has 0 aliphatic heterocycles. The zero-order valence-corrected chi connectivity index (χ0v) is 9.02. The van der Waals surface area contributed by atoms with Crippen molar-refractivity contribution in [2.75, 3.05) is 6.61 Å². The largest absolute Gasteiger partial charge is 0.395 e. The maximum atomic E-state index is 9.29. The van der Waals surface area contributed by atoms with Gasteiger partial charge >= 0.3 is 0 Å². The van der Waals surface area contributed by atoms with Crippen molar-refractivity contribution in [1.82, 2.24) is 5.32 Å². The van der Waals surface area contributed by atoms with E-state index in [1.54, 1.807) is 0 Å². The summed E-state index contributed by atoms with van der Waals surface area (Å²) in [5.74, 6) is 0. The molecule has 2 heteroatoms. The van der Waals surface area contributed by atoms with E-state index in [4.69, 9.17) is 0 Å². The van der Waals surface area contributed by atoms with Crippen LogP contribution in [0.2, 0.25) is 0 Å². The zero-order valence-electron chi connectivity index (χ0n) is 9.02. The van der Waals surface area contributed by atoms with Crippen molar-refractivity contribution in [2.24, 2.45) is 0 Å². The molecule has 1 aromatic rings. The van der Waals surface area contributed by atoms with Crippen molar-refractivity contribution < 1.29 is 5.11 Å². The minimum Gasteiger partial charge on any atom is -0.395 e. The van der Waals surface area contributed by atoms with Gasteiger partial charge in [0.1, 0.15) is 0 Å². The van der Waals surface area contributed by atoms with Gasteiger partial charge in [0.05, 0.1) is 6.61 Å². The van der Waals surface area contributed by atoms with Gasteiger partial charge in [0.25, 0.3) is 0 Å². The van der Waals surface area contributed by atoms with Crippen molar-refractivity contribution in [1.29, 1.82) is 0 Å². The SMILES string of the molecule is OC[C@H](Cc1ccccc1)NC1CCC1. The third-order valence-electron chi connectivity index (χ3n) is 3.12. The van der Waals surface area contributed by atoms with Gasteiger partial charge in [-0.2, -0.15) is 0 Å². The predicted octanol–water partition coefficient (Wildman–Crippen LogP) is 1.73. The Morgan fingerprint density at radius 2 is 2.00 bits per heavy atom. The Hall–Kier alpha value is -0.860. The molecule has 1 aliphatic carbocycles. The summed E-state index contributed by atoms with van der Waals surface area (Å²) < 4.78 is 0. The molecule has 2 N–H and O–H groups in total. The molecule has 0 bridgehead atoms. The van der Waals surface area contributed by atoms with Crippen LogP contribution in [0.4, 0.5) is 0 Å². The van der Waals surface area contributed by atoms with Gasteiger partial charge in [-0.3, -0.25) is 0 Å². The number of hydrogen-bond donors (Lipinski definition) is 2. The third-order valence-corrected chi connectivity index (χ3v) is 3.12. The summed E-state index contributed by atoms with van der Waals surface area (Å²) >= 11 is 0. The minimum atomic E-state index is 0.220. The van der Waals surface area contributed by atoms with Gasteiger partial charge in [-0.05, 0) is 24.8 Å². The molecular weight excluding hydrogens is 186 g/mol. The van der Waals surface area contributed by atoms with Gasteiger partial charge in [-0.25, -0.2) is 0 Å². The van der Waals surface area contributed by atoms with Crippen molar-refractivity contribution in [2.45, 2.75) is 37.8 Å². The van der Waals surface area contributed by atoms with Gasteiger partial charge in [-0.1, -0.05) is 36.8 Å². The maximum Gasteiger partial charge on any atom is 0.0587 e. The number of nitrogens with one attached hydrogen (secondary N) is 1. The molecule has 2 rings (SSSR count). The second kappa shape index (κ2) is 5.29. The quantitative estimate of drug-likeness (QED) is 0.767. The van der Waals surface area contributed by atoms with Crippen LogP contribution in [0.1, 0.15) is 24.8 Å². The average molecular weight is 205 g/mol. The number of aliphatic hydroxyl groups excluding tert-OH is 1. The summed E-state index contributed by atoms with van der Waals surface area (Å²) in [6, 6.07) is 11.2. The number of hydrogen-bond acceptors (Lipinski definition) is 2. The lowest BCUT2D eigenvalue weighted by Crippen LogP contribution is -2.45. The van der Waals surface area contributed by atoms with Gasteiger partial charge in [0.15, 0.2) is 0 Å². The monoisotopic (exact) mass is 205 g/mol. The normalized spacial score (nSPS) is 18.5. The lowest BCUT2D eigenvalue weighted by Gasteiger charge is -2.30. The minimum absolute atomic E-state index is 0.220. The van der Waals surface area contributed by atoms with Gasteiger partial charge in [0.2, 0.25) is 0 Å². The zero-order chi connectivity index (χ0) is 10.5. The van der Waals surface area contributed by atoms with Gasteiger partial charge in [-0.15, -0.1) is 0 Å². The molecule has 0 spiro atoms. The summed E-state index contributed by atoms with van der Waals surface area (Å²) in [6.07, 6.45) is 4.80. The Balaban J connectivity index is 1.84. The Labute approximate surface area is 91.3 Å². The standard InChI is InChI=1S/C13H19NO/c15-10-13(14-12-7-4-8-12)9-11-5-2-1-3-6-11/h1-3,5-6,12-15H,4,7-10H2/t13-/m0/s1. The molecule has 0 amide bonds. The molecule has 1 fully saturated rings. The first-order chi connectivity index (χ1) is 7.38. The summed E-state index contributed by atoms with van der Waals surface area (Å²) in [6.45, 7) is 0.228. The molecule has 1 atom stereocenters. The van der Waals surface area contributed by atoms with Crippen LogP contribution >= 0.6 is 0 Å². The molecule has 0 radical (unpaired) electrons. The highest BCUT2D eigenvalue weighted by molar-refractivity contribution is 5.16. The summed E-state index contributed by atoms with van der Waals surface area (Å²) in [7, 11) is 0. The van der Waals surface area contributed by atoms with Crippen LogP contribution in [-0.4, -0.2) is 23.8 Å². The molecule has 1 aromatic carbocycles. The van der Waals surface area contributed by atoms with E-state index in [2.05, 4.69) is 17.4 Å². The first kappa shape index (κ1) is 10.7. The summed E-state index contributed by atoms with van der Waals surface area (Å²) in [5, 5.41) is 12.8. The van der Waals surface area contributed by atoms with E-state index in [1.165, 1.54) is 24.8 Å². The first-order valence-electron chi connectivity index (χ1n) is 5.79. The van der Waals surface area contributed by atoms with Crippen molar-refractivity contribution in [3.63, 3.8) is 0 Å². The van der Waals surface area contributed by atoms with Gasteiger partial charge < -0.3 is 10.4 Å². The molecule has 0 aromatic heterocycles. The van der Waals surface area contributed by atoms with Crippen LogP contribution < -0.4 is 5.32 Å². The highest BCUT2D eigenvalue weighted by Crippen LogP contribution is 2.19. The highest BCUT2D eigenvalue weighted by Gasteiger charge is 2.20. The molecule has 0 heterocycles. The van der Waals surface area contributed by atoms with E-state index in [0.717, 1.165) is 6.42 Å². The van der Waals surface area contributed by atoms with Crippen LogP contribution in [0.25, 0.3) is 0 Å². The number of rotatable bonds is 5. The molecule has 0 saturated heterocycles. The maximum absolute atomic E-state index is 9.29. The Kier molecular flexibility index (Phi) is 3.75. The smallest absolute Gasteiger partial charge is 0.0587 e. The number of aliphatic hydroxyl groups is 1. The predicted molar refractivity (Wildman–Crippen MR) is 61.8 cm³/mol. The molecule has 82 valence electrons. The van der Waals surface area contributed by atoms with E-state index < -0.39 is 0 Å². The van der Waals surface area contributed by atoms with Gasteiger partial charge in [0, 0.05) is 12.1 Å². The topological polar surface area (TPSA) is 32.3 Å². The van der Waals surface area contributed by atoms with Crippen LogP contribution in [0.5, 0.6) is 0 Å². The second-order valence-electron chi connectivity index (χ2n) is 4.36. The molecule has 1 aliphatic rings. The first-order valence-corrected chi connectivity index (χ1v) is 5.79. The van der Waals surface area contributed by atoms with Crippen LogP contribution in [-0.2, 0) is 6.42 Å². The Bertz CT molecular complexity index is 282. The van der Waals surface area contributed by atoms with E-state index in [1.807, 2.05) is 18.2 Å². The Morgan fingerprint density at radius 3 is 2.53 bits per heavy atom. The van der Waals surface area contributed by atoms with E-state index in [9.17, 15) is 5.11 Å². The van der Waals surface area contributed by atoms with Crippen LogP contribution in [0, 0.1) is 0 Å². The average Bonchev–Trinajstić information content (AvgIpc) is 2.23. The molecular formula is C13H19NO. The fourth-order valence-corrected chi connectivity index (χ4v) is 1.98. The molecule has 2 nitrogen and oxygen atoms in total.